The van der Waals surface area contributed by atoms with Crippen molar-refractivity contribution < 1.29 is 12.8 Å². The molecule has 2 aromatic heterocycles. The van der Waals surface area contributed by atoms with Crippen LogP contribution in [0.25, 0.3) is 11.1 Å². The number of fused-ring (bicyclic) bond motifs is 1. The Hall–Kier alpha value is -3.70. The minimum Gasteiger partial charge on any atom is -0.408 e. The second-order valence-electron chi connectivity index (χ2n) is 6.63. The molecule has 0 aliphatic heterocycles. The summed E-state index contributed by atoms with van der Waals surface area (Å²) in [6.45, 7) is 1.82. The SMILES string of the molecule is Cc1cnc(Nc2ccccc2S(N)(=O)=O)nc1Nc1ccc2c(c1)oc(=O)n2C. The number of para-hydroxylation sites is 1. The number of nitrogens with two attached hydrogens (primary N) is 1. The summed E-state index contributed by atoms with van der Waals surface area (Å²) >= 11 is 0. The lowest BCUT2D eigenvalue weighted by Gasteiger charge is -2.12. The van der Waals surface area contributed by atoms with Crippen LogP contribution in [0.1, 0.15) is 5.56 Å². The highest BCUT2D eigenvalue weighted by molar-refractivity contribution is 7.89. The standard InChI is InChI=1S/C19H18N6O4S/c1-11-10-21-18(23-13-5-3-4-6-16(13)30(20,27)28)24-17(11)22-12-7-8-14-15(9-12)29-19(26)25(14)2/h3-10H,1-2H3,(H2,20,27,28)(H2,21,22,23,24). The van der Waals surface area contributed by atoms with Crippen molar-refractivity contribution in [3.63, 3.8) is 0 Å². The summed E-state index contributed by atoms with van der Waals surface area (Å²) < 4.78 is 30.2. The number of hydrogen-bond acceptors (Lipinski definition) is 8. The third-order valence-electron chi connectivity index (χ3n) is 4.47. The molecule has 0 spiro atoms. The van der Waals surface area contributed by atoms with Crippen LogP contribution in [0.4, 0.5) is 23.1 Å². The molecule has 30 heavy (non-hydrogen) atoms. The van der Waals surface area contributed by atoms with Crippen LogP contribution >= 0.6 is 0 Å². The van der Waals surface area contributed by atoms with Crippen LogP contribution in [0.15, 0.2) is 62.8 Å². The zero-order valence-corrected chi connectivity index (χ0v) is 16.9. The van der Waals surface area contributed by atoms with Crippen molar-refractivity contribution in [3.05, 3.63) is 64.8 Å². The fraction of sp³-hybridized carbons (Fsp3) is 0.105. The Morgan fingerprint density at radius 1 is 1.13 bits per heavy atom. The lowest BCUT2D eigenvalue weighted by atomic mass is 10.2. The second-order valence-corrected chi connectivity index (χ2v) is 8.16. The maximum atomic E-state index is 11.8. The van der Waals surface area contributed by atoms with E-state index < -0.39 is 15.8 Å². The van der Waals surface area contributed by atoms with Gasteiger partial charge in [0.15, 0.2) is 5.58 Å². The van der Waals surface area contributed by atoms with E-state index in [2.05, 4.69) is 20.6 Å². The monoisotopic (exact) mass is 426 g/mol. The molecular formula is C19H18N6O4S. The van der Waals surface area contributed by atoms with E-state index in [1.165, 1.54) is 10.6 Å². The summed E-state index contributed by atoms with van der Waals surface area (Å²) in [6.07, 6.45) is 1.60. The topological polar surface area (TPSA) is 145 Å². The van der Waals surface area contributed by atoms with Crippen molar-refractivity contribution in [3.8, 4) is 0 Å². The maximum absolute atomic E-state index is 11.8. The third-order valence-corrected chi connectivity index (χ3v) is 5.44. The number of sulfonamides is 1. The molecule has 0 radical (unpaired) electrons. The molecule has 0 unspecified atom stereocenters. The average molecular weight is 426 g/mol. The predicted octanol–water partition coefficient (Wildman–Crippen LogP) is 2.36. The van der Waals surface area contributed by atoms with E-state index >= 15 is 0 Å². The first kappa shape index (κ1) is 19.6. The molecule has 4 rings (SSSR count). The van der Waals surface area contributed by atoms with Gasteiger partial charge in [-0.1, -0.05) is 12.1 Å². The summed E-state index contributed by atoms with van der Waals surface area (Å²) in [5.74, 6) is 0.241. The number of nitrogens with one attached hydrogen (secondary N) is 2. The summed E-state index contributed by atoms with van der Waals surface area (Å²) in [7, 11) is -2.28. The summed E-state index contributed by atoms with van der Waals surface area (Å²) in [4.78, 5) is 20.2. The lowest BCUT2D eigenvalue weighted by Crippen LogP contribution is -2.14. The molecule has 0 amide bonds. The number of rotatable bonds is 5. The summed E-state index contributed by atoms with van der Waals surface area (Å²) in [5, 5.41) is 11.3. The number of aromatic nitrogens is 3. The molecule has 154 valence electrons. The Kier molecular flexibility index (Phi) is 4.76. The summed E-state index contributed by atoms with van der Waals surface area (Å²) in [6, 6.07) is 11.5. The molecule has 0 atom stereocenters. The van der Waals surface area contributed by atoms with Crippen molar-refractivity contribution in [1.29, 1.82) is 0 Å². The number of hydrogen-bond donors (Lipinski definition) is 3. The zero-order valence-electron chi connectivity index (χ0n) is 16.1. The largest absolute Gasteiger partial charge is 0.419 e. The fourth-order valence-corrected chi connectivity index (χ4v) is 3.61. The van der Waals surface area contributed by atoms with Gasteiger partial charge in [0.1, 0.15) is 10.7 Å². The van der Waals surface area contributed by atoms with Gasteiger partial charge < -0.3 is 15.1 Å². The Morgan fingerprint density at radius 3 is 2.67 bits per heavy atom. The molecule has 0 aliphatic rings. The Balaban J connectivity index is 1.66. The third kappa shape index (κ3) is 3.75. The maximum Gasteiger partial charge on any atom is 0.419 e. The normalized spacial score (nSPS) is 11.6. The number of primary sulfonamides is 1. The Labute approximate surface area is 171 Å². The highest BCUT2D eigenvalue weighted by atomic mass is 32.2. The van der Waals surface area contributed by atoms with Crippen molar-refractivity contribution in [2.75, 3.05) is 10.6 Å². The van der Waals surface area contributed by atoms with E-state index in [0.29, 0.717) is 22.6 Å². The first-order chi connectivity index (χ1) is 14.2. The van der Waals surface area contributed by atoms with E-state index in [9.17, 15) is 13.2 Å². The van der Waals surface area contributed by atoms with E-state index in [0.717, 1.165) is 5.56 Å². The van der Waals surface area contributed by atoms with Gasteiger partial charge in [-0.25, -0.2) is 23.3 Å². The second kappa shape index (κ2) is 7.28. The molecule has 0 saturated heterocycles. The first-order valence-corrected chi connectivity index (χ1v) is 10.4. The van der Waals surface area contributed by atoms with Gasteiger partial charge in [-0.3, -0.25) is 4.57 Å². The van der Waals surface area contributed by atoms with E-state index in [-0.39, 0.29) is 16.5 Å². The Morgan fingerprint density at radius 2 is 1.90 bits per heavy atom. The molecule has 0 saturated carbocycles. The molecule has 2 aromatic carbocycles. The fourth-order valence-electron chi connectivity index (χ4n) is 2.92. The minimum absolute atomic E-state index is 0.0618. The lowest BCUT2D eigenvalue weighted by molar-refractivity contribution is 0.528. The van der Waals surface area contributed by atoms with Crippen LogP contribution < -0.4 is 21.5 Å². The highest BCUT2D eigenvalue weighted by Crippen LogP contribution is 2.25. The van der Waals surface area contributed by atoms with Crippen molar-refractivity contribution >= 4 is 44.3 Å². The number of benzene rings is 2. The molecular weight excluding hydrogens is 408 g/mol. The minimum atomic E-state index is -3.91. The van der Waals surface area contributed by atoms with Gasteiger partial charge in [-0.15, -0.1) is 0 Å². The molecule has 0 bridgehead atoms. The van der Waals surface area contributed by atoms with Crippen LogP contribution in [0, 0.1) is 6.92 Å². The van der Waals surface area contributed by atoms with Crippen molar-refractivity contribution in [1.82, 2.24) is 14.5 Å². The van der Waals surface area contributed by atoms with E-state index in [1.807, 2.05) is 6.92 Å². The van der Waals surface area contributed by atoms with E-state index in [4.69, 9.17) is 9.56 Å². The smallest absolute Gasteiger partial charge is 0.408 e. The molecule has 0 aliphatic carbocycles. The highest BCUT2D eigenvalue weighted by Gasteiger charge is 2.15. The number of oxazole rings is 1. The van der Waals surface area contributed by atoms with Crippen LogP contribution in [-0.4, -0.2) is 23.0 Å². The van der Waals surface area contributed by atoms with Crippen LogP contribution in [0.3, 0.4) is 0 Å². The van der Waals surface area contributed by atoms with Gasteiger partial charge in [-0.2, -0.15) is 4.98 Å². The van der Waals surface area contributed by atoms with Gasteiger partial charge in [0.25, 0.3) is 0 Å². The molecule has 11 heteroatoms. The van der Waals surface area contributed by atoms with Crippen molar-refractivity contribution in [2.24, 2.45) is 12.2 Å². The van der Waals surface area contributed by atoms with E-state index in [1.54, 1.807) is 49.6 Å². The molecule has 10 nitrogen and oxygen atoms in total. The Bertz CT molecular complexity index is 1420. The number of anilines is 4. The van der Waals surface area contributed by atoms with Gasteiger partial charge >= 0.3 is 5.76 Å². The predicted molar refractivity (Wildman–Crippen MR) is 113 cm³/mol. The molecule has 0 fully saturated rings. The zero-order chi connectivity index (χ0) is 21.5. The van der Waals surface area contributed by atoms with Crippen LogP contribution in [-0.2, 0) is 17.1 Å². The average Bonchev–Trinajstić information content (AvgIpc) is 2.97. The van der Waals surface area contributed by atoms with Crippen LogP contribution in [0.5, 0.6) is 0 Å². The molecule has 4 N–H and O–H groups in total. The van der Waals surface area contributed by atoms with Gasteiger partial charge in [0.2, 0.25) is 16.0 Å². The number of nitrogens with zero attached hydrogens (tertiary/aromatic N) is 3. The van der Waals surface area contributed by atoms with Gasteiger partial charge in [-0.05, 0) is 31.2 Å². The van der Waals surface area contributed by atoms with Gasteiger partial charge in [0.05, 0.1) is 11.2 Å². The van der Waals surface area contributed by atoms with Crippen LogP contribution in [0.2, 0.25) is 0 Å². The molecule has 2 heterocycles. The van der Waals surface area contributed by atoms with Crippen molar-refractivity contribution in [2.45, 2.75) is 11.8 Å². The number of aryl methyl sites for hydroxylation is 2. The van der Waals surface area contributed by atoms with Gasteiger partial charge in [0, 0.05) is 30.6 Å². The quantitative estimate of drug-likeness (QED) is 0.441. The molecule has 4 aromatic rings. The summed E-state index contributed by atoms with van der Waals surface area (Å²) in [5.41, 5.74) is 2.80. The first-order valence-electron chi connectivity index (χ1n) is 8.81.